The van der Waals surface area contributed by atoms with Gasteiger partial charge in [-0.3, -0.25) is 14.4 Å². The summed E-state index contributed by atoms with van der Waals surface area (Å²) >= 11 is 1.06. The number of hydrogen-bond acceptors (Lipinski definition) is 8. The van der Waals surface area contributed by atoms with Crippen LogP contribution in [0.2, 0.25) is 0 Å². The molecule has 0 radical (unpaired) electrons. The number of nitrogens with zero attached hydrogens (tertiary/aromatic N) is 1. The highest BCUT2D eigenvalue weighted by Crippen LogP contribution is 2.32. The Balaban J connectivity index is 1.59. The maximum absolute atomic E-state index is 12.2. The van der Waals surface area contributed by atoms with Crippen molar-refractivity contribution in [2.24, 2.45) is 0 Å². The molecule has 3 rings (SSSR count). The standard InChI is InChI=1S/C18H19N3O6S/c1-25-17(24)9-12-8-15(22)21-18(20-12)28-10-16(23)19-11-3-4-13-14(7-11)27-6-2-5-26-13/h3-4,7-8H,2,5-6,9-10H2,1H3,(H,19,23)(H,20,21,22). The molecule has 10 heteroatoms. The molecule has 0 saturated carbocycles. The highest BCUT2D eigenvalue weighted by atomic mass is 32.2. The van der Waals surface area contributed by atoms with Crippen LogP contribution in [0.1, 0.15) is 12.1 Å². The number of rotatable bonds is 6. The van der Waals surface area contributed by atoms with Crippen LogP contribution in [0.15, 0.2) is 34.2 Å². The first kappa shape index (κ1) is 19.7. The van der Waals surface area contributed by atoms with E-state index < -0.39 is 11.5 Å². The van der Waals surface area contributed by atoms with Gasteiger partial charge in [0.05, 0.1) is 38.2 Å². The normalized spacial score (nSPS) is 12.8. The molecule has 0 fully saturated rings. The molecule has 0 unspecified atom stereocenters. The molecule has 1 aliphatic rings. The van der Waals surface area contributed by atoms with E-state index in [-0.39, 0.29) is 28.9 Å². The first-order valence-electron chi connectivity index (χ1n) is 8.53. The molecule has 0 spiro atoms. The van der Waals surface area contributed by atoms with E-state index in [1.54, 1.807) is 18.2 Å². The molecule has 1 aliphatic heterocycles. The summed E-state index contributed by atoms with van der Waals surface area (Å²) in [7, 11) is 1.26. The summed E-state index contributed by atoms with van der Waals surface area (Å²) in [6, 6.07) is 6.41. The quantitative estimate of drug-likeness (QED) is 0.420. The van der Waals surface area contributed by atoms with Gasteiger partial charge in [0.1, 0.15) is 0 Å². The van der Waals surface area contributed by atoms with E-state index in [4.69, 9.17) is 9.47 Å². The van der Waals surface area contributed by atoms with E-state index in [0.717, 1.165) is 18.2 Å². The minimum Gasteiger partial charge on any atom is -0.490 e. The molecule has 0 saturated heterocycles. The highest BCUT2D eigenvalue weighted by Gasteiger charge is 2.13. The number of anilines is 1. The van der Waals surface area contributed by atoms with Gasteiger partial charge in [0.15, 0.2) is 16.7 Å². The van der Waals surface area contributed by atoms with Crippen LogP contribution in [0, 0.1) is 0 Å². The number of methoxy groups -OCH3 is 1. The van der Waals surface area contributed by atoms with E-state index in [1.165, 1.54) is 13.2 Å². The number of carbonyl (C=O) groups excluding carboxylic acids is 2. The number of aromatic nitrogens is 2. The van der Waals surface area contributed by atoms with Crippen molar-refractivity contribution in [3.8, 4) is 11.5 Å². The lowest BCUT2D eigenvalue weighted by Gasteiger charge is -2.10. The highest BCUT2D eigenvalue weighted by molar-refractivity contribution is 7.99. The third-order valence-electron chi connectivity index (χ3n) is 3.70. The molecule has 9 nitrogen and oxygen atoms in total. The Labute approximate surface area is 164 Å². The molecule has 28 heavy (non-hydrogen) atoms. The monoisotopic (exact) mass is 405 g/mol. The zero-order chi connectivity index (χ0) is 19.9. The van der Waals surface area contributed by atoms with Gasteiger partial charge in [0.25, 0.3) is 5.56 Å². The maximum Gasteiger partial charge on any atom is 0.311 e. The number of amides is 1. The molecule has 2 N–H and O–H groups in total. The van der Waals surface area contributed by atoms with Crippen LogP contribution in [0.3, 0.4) is 0 Å². The van der Waals surface area contributed by atoms with Gasteiger partial charge in [-0.2, -0.15) is 0 Å². The summed E-state index contributed by atoms with van der Waals surface area (Å²) < 4.78 is 15.7. The second kappa shape index (κ2) is 9.27. The van der Waals surface area contributed by atoms with Crippen molar-refractivity contribution in [3.05, 3.63) is 40.3 Å². The Morgan fingerprint density at radius 3 is 2.82 bits per heavy atom. The largest absolute Gasteiger partial charge is 0.490 e. The molecule has 1 amide bonds. The van der Waals surface area contributed by atoms with Crippen molar-refractivity contribution >= 4 is 29.3 Å². The molecule has 2 aromatic rings. The molecule has 0 aliphatic carbocycles. The lowest BCUT2D eigenvalue weighted by Crippen LogP contribution is -2.17. The van der Waals surface area contributed by atoms with E-state index in [1.807, 2.05) is 0 Å². The third kappa shape index (κ3) is 5.49. The first-order chi connectivity index (χ1) is 13.5. The number of ether oxygens (including phenoxy) is 3. The predicted molar refractivity (Wildman–Crippen MR) is 102 cm³/mol. The number of carbonyl (C=O) groups is 2. The van der Waals surface area contributed by atoms with Gasteiger partial charge in [0, 0.05) is 24.2 Å². The van der Waals surface area contributed by atoms with Gasteiger partial charge in [-0.05, 0) is 12.1 Å². The Hall–Kier alpha value is -3.01. The molecule has 0 atom stereocenters. The van der Waals surface area contributed by atoms with Crippen molar-refractivity contribution in [1.29, 1.82) is 0 Å². The lowest BCUT2D eigenvalue weighted by atomic mass is 10.2. The van der Waals surface area contributed by atoms with Gasteiger partial charge in [-0.25, -0.2) is 4.98 Å². The minimum absolute atomic E-state index is 0.0268. The van der Waals surface area contributed by atoms with E-state index in [2.05, 4.69) is 20.0 Å². The number of H-pyrrole nitrogens is 1. The Bertz CT molecular complexity index is 930. The Kier molecular flexibility index (Phi) is 6.53. The van der Waals surface area contributed by atoms with Crippen LogP contribution in [-0.2, 0) is 20.7 Å². The second-order valence-electron chi connectivity index (χ2n) is 5.84. The van der Waals surface area contributed by atoms with E-state index in [9.17, 15) is 14.4 Å². The van der Waals surface area contributed by atoms with Crippen LogP contribution in [0.25, 0.3) is 0 Å². The molecule has 148 valence electrons. The number of aromatic amines is 1. The van der Waals surface area contributed by atoms with Crippen LogP contribution < -0.4 is 20.3 Å². The van der Waals surface area contributed by atoms with Crippen molar-refractivity contribution in [2.45, 2.75) is 18.0 Å². The number of thioether (sulfide) groups is 1. The zero-order valence-electron chi connectivity index (χ0n) is 15.1. The predicted octanol–water partition coefficient (Wildman–Crippen LogP) is 1.38. The number of esters is 1. The van der Waals surface area contributed by atoms with Crippen molar-refractivity contribution < 1.29 is 23.8 Å². The lowest BCUT2D eigenvalue weighted by molar-refractivity contribution is -0.139. The van der Waals surface area contributed by atoms with Gasteiger partial charge in [0.2, 0.25) is 5.91 Å². The van der Waals surface area contributed by atoms with Gasteiger partial charge >= 0.3 is 5.97 Å². The fourth-order valence-corrected chi connectivity index (χ4v) is 3.13. The zero-order valence-corrected chi connectivity index (χ0v) is 16.0. The Morgan fingerprint density at radius 2 is 2.04 bits per heavy atom. The fourth-order valence-electron chi connectivity index (χ4n) is 2.43. The van der Waals surface area contributed by atoms with E-state index >= 15 is 0 Å². The fraction of sp³-hybridized carbons (Fsp3) is 0.333. The number of benzene rings is 1. The molecule has 1 aromatic heterocycles. The summed E-state index contributed by atoms with van der Waals surface area (Å²) in [4.78, 5) is 41.9. The first-order valence-corrected chi connectivity index (χ1v) is 9.51. The van der Waals surface area contributed by atoms with Crippen LogP contribution in [-0.4, -0.2) is 47.9 Å². The van der Waals surface area contributed by atoms with Gasteiger partial charge in [-0.15, -0.1) is 0 Å². The number of hydrogen-bond donors (Lipinski definition) is 2. The van der Waals surface area contributed by atoms with Crippen molar-refractivity contribution in [2.75, 3.05) is 31.4 Å². The van der Waals surface area contributed by atoms with Crippen LogP contribution in [0.4, 0.5) is 5.69 Å². The summed E-state index contributed by atoms with van der Waals surface area (Å²) in [5.41, 5.74) is 0.455. The summed E-state index contributed by atoms with van der Waals surface area (Å²) in [5, 5.41) is 3.01. The SMILES string of the molecule is COC(=O)Cc1cc(=O)[nH]c(SCC(=O)Nc2ccc3c(c2)OCCCO3)n1. The average molecular weight is 405 g/mol. The van der Waals surface area contributed by atoms with Crippen molar-refractivity contribution in [1.82, 2.24) is 9.97 Å². The molecule has 0 bridgehead atoms. The number of fused-ring (bicyclic) bond motifs is 1. The van der Waals surface area contributed by atoms with E-state index in [0.29, 0.717) is 30.4 Å². The number of nitrogens with one attached hydrogen (secondary N) is 2. The van der Waals surface area contributed by atoms with Gasteiger partial charge < -0.3 is 24.5 Å². The molecular weight excluding hydrogens is 386 g/mol. The smallest absolute Gasteiger partial charge is 0.311 e. The molecule has 2 heterocycles. The summed E-state index contributed by atoms with van der Waals surface area (Å²) in [5.74, 6) is 0.485. The summed E-state index contributed by atoms with van der Waals surface area (Å²) in [6.07, 6.45) is 0.685. The minimum atomic E-state index is -0.499. The second-order valence-corrected chi connectivity index (χ2v) is 6.81. The van der Waals surface area contributed by atoms with Gasteiger partial charge in [-0.1, -0.05) is 11.8 Å². The third-order valence-corrected chi connectivity index (χ3v) is 4.57. The van der Waals surface area contributed by atoms with Crippen LogP contribution in [0.5, 0.6) is 11.5 Å². The van der Waals surface area contributed by atoms with Crippen molar-refractivity contribution in [3.63, 3.8) is 0 Å². The topological polar surface area (TPSA) is 120 Å². The maximum atomic E-state index is 12.2. The van der Waals surface area contributed by atoms with Crippen LogP contribution >= 0.6 is 11.8 Å². The molecule has 1 aromatic carbocycles. The average Bonchev–Trinajstić information content (AvgIpc) is 2.91. The molecular formula is C18H19N3O6S. The summed E-state index contributed by atoms with van der Waals surface area (Å²) in [6.45, 7) is 1.15. The Morgan fingerprint density at radius 1 is 1.25 bits per heavy atom.